The molecule has 2 heterocycles. The molecule has 6 heteroatoms. The van der Waals surface area contributed by atoms with Gasteiger partial charge in [0.1, 0.15) is 5.82 Å². The van der Waals surface area contributed by atoms with E-state index in [9.17, 15) is 9.18 Å². The number of hydrogen-bond acceptors (Lipinski definition) is 3. The Balaban J connectivity index is 1.72. The van der Waals surface area contributed by atoms with Crippen molar-refractivity contribution in [2.45, 2.75) is 12.0 Å². The predicted molar refractivity (Wildman–Crippen MR) is 82.4 cm³/mol. The molecule has 4 nitrogen and oxygen atoms in total. The summed E-state index contributed by atoms with van der Waals surface area (Å²) in [6.07, 6.45) is 0.387. The van der Waals surface area contributed by atoms with Crippen LogP contribution >= 0.6 is 11.6 Å². The summed E-state index contributed by atoms with van der Waals surface area (Å²) in [7, 11) is 0. The number of carbonyl (C=O) groups is 1. The number of nitrogens with one attached hydrogen (secondary N) is 2. The highest BCUT2D eigenvalue weighted by molar-refractivity contribution is 6.31. The van der Waals surface area contributed by atoms with Crippen LogP contribution in [0.1, 0.15) is 17.5 Å². The quantitative estimate of drug-likeness (QED) is 0.850. The van der Waals surface area contributed by atoms with Crippen molar-refractivity contribution in [3.63, 3.8) is 0 Å². The van der Waals surface area contributed by atoms with Gasteiger partial charge in [-0.05, 0) is 23.8 Å². The molecular formula is C16H11ClFN3O. The third-order valence-corrected chi connectivity index (χ3v) is 4.38. The highest BCUT2D eigenvalue weighted by Gasteiger charge is 2.50. The summed E-state index contributed by atoms with van der Waals surface area (Å²) in [6, 6.07) is 11.9. The molecule has 2 N–H and O–H groups in total. The lowest BCUT2D eigenvalue weighted by Crippen LogP contribution is -2.42. The lowest BCUT2D eigenvalue weighted by Gasteiger charge is -2.20. The van der Waals surface area contributed by atoms with Crippen LogP contribution in [0.25, 0.3) is 0 Å². The Labute approximate surface area is 131 Å². The Morgan fingerprint density at radius 3 is 2.86 bits per heavy atom. The number of rotatable bonds is 1. The highest BCUT2D eigenvalue weighted by atomic mass is 35.5. The Morgan fingerprint density at radius 2 is 2.05 bits per heavy atom. The van der Waals surface area contributed by atoms with E-state index < -0.39 is 11.4 Å². The maximum atomic E-state index is 13.3. The van der Waals surface area contributed by atoms with Gasteiger partial charge >= 0.3 is 0 Å². The van der Waals surface area contributed by atoms with Crippen LogP contribution in [0.15, 0.2) is 47.6 Å². The first-order chi connectivity index (χ1) is 10.6. The molecule has 0 aromatic heterocycles. The molecule has 22 heavy (non-hydrogen) atoms. The minimum Gasteiger partial charge on any atom is -0.323 e. The number of hydrazone groups is 1. The van der Waals surface area contributed by atoms with Gasteiger partial charge in [-0.15, -0.1) is 0 Å². The van der Waals surface area contributed by atoms with E-state index in [1.807, 2.05) is 24.3 Å². The van der Waals surface area contributed by atoms with Crippen molar-refractivity contribution in [2.24, 2.45) is 5.10 Å². The largest absolute Gasteiger partial charge is 0.323 e. The minimum absolute atomic E-state index is 0.0393. The van der Waals surface area contributed by atoms with Crippen LogP contribution in [0.4, 0.5) is 10.1 Å². The lowest BCUT2D eigenvalue weighted by molar-refractivity contribution is -0.121. The van der Waals surface area contributed by atoms with Crippen molar-refractivity contribution in [1.29, 1.82) is 0 Å². The molecule has 0 aliphatic carbocycles. The normalized spacial score (nSPS) is 22.3. The molecule has 0 fully saturated rings. The molecule has 0 saturated heterocycles. The van der Waals surface area contributed by atoms with Gasteiger partial charge in [-0.25, -0.2) is 4.39 Å². The summed E-state index contributed by atoms with van der Waals surface area (Å²) in [5.74, 6) is -0.615. The number of fused-ring (bicyclic) bond motifs is 2. The summed E-state index contributed by atoms with van der Waals surface area (Å²) >= 11 is 5.82. The SMILES string of the molecule is O=C1Nc2ccccc2[C@]12CC(c1ccc(F)c(Cl)c1)=NN2. The number of anilines is 1. The third kappa shape index (κ3) is 1.75. The van der Waals surface area contributed by atoms with Gasteiger partial charge < -0.3 is 5.32 Å². The first kappa shape index (κ1) is 13.3. The number of carbonyl (C=O) groups excluding carboxylic acids is 1. The van der Waals surface area contributed by atoms with Crippen molar-refractivity contribution in [1.82, 2.24) is 5.43 Å². The molecule has 0 radical (unpaired) electrons. The number of nitrogens with zero attached hydrogens (tertiary/aromatic N) is 1. The van der Waals surface area contributed by atoms with Crippen molar-refractivity contribution < 1.29 is 9.18 Å². The molecule has 0 saturated carbocycles. The molecule has 1 atom stereocenters. The van der Waals surface area contributed by atoms with Crippen LogP contribution in [0.2, 0.25) is 5.02 Å². The second-order valence-corrected chi connectivity index (χ2v) is 5.79. The highest BCUT2D eigenvalue weighted by Crippen LogP contribution is 2.41. The zero-order valence-electron chi connectivity index (χ0n) is 11.4. The van der Waals surface area contributed by atoms with E-state index in [-0.39, 0.29) is 10.9 Å². The van der Waals surface area contributed by atoms with Gasteiger partial charge in [-0.2, -0.15) is 5.10 Å². The van der Waals surface area contributed by atoms with E-state index in [2.05, 4.69) is 15.8 Å². The predicted octanol–water partition coefficient (Wildman–Crippen LogP) is 3.02. The Bertz CT molecular complexity index is 836. The van der Waals surface area contributed by atoms with Crippen molar-refractivity contribution in [3.8, 4) is 0 Å². The number of benzene rings is 2. The molecule has 110 valence electrons. The standard InChI is InChI=1S/C16H11ClFN3O/c17-11-7-9(5-6-12(11)18)14-8-16(21-20-14)10-3-1-2-4-13(10)19-15(16)22/h1-7,21H,8H2,(H,19,22)/t16-/m1/s1. The molecule has 2 aliphatic heterocycles. The monoisotopic (exact) mass is 315 g/mol. The van der Waals surface area contributed by atoms with Crippen LogP contribution in [0.3, 0.4) is 0 Å². The number of amides is 1. The molecule has 1 spiro atoms. The van der Waals surface area contributed by atoms with E-state index in [0.717, 1.165) is 11.3 Å². The van der Waals surface area contributed by atoms with Crippen LogP contribution in [0.5, 0.6) is 0 Å². The number of halogens is 2. The van der Waals surface area contributed by atoms with E-state index in [1.165, 1.54) is 12.1 Å². The number of hydrogen-bond donors (Lipinski definition) is 2. The summed E-state index contributed by atoms with van der Waals surface area (Å²) < 4.78 is 13.3. The summed E-state index contributed by atoms with van der Waals surface area (Å²) in [5, 5.41) is 7.19. The summed E-state index contributed by atoms with van der Waals surface area (Å²) in [5.41, 5.74) is 5.09. The first-order valence-electron chi connectivity index (χ1n) is 6.80. The fraction of sp³-hybridized carbons (Fsp3) is 0.125. The summed E-state index contributed by atoms with van der Waals surface area (Å²) in [6.45, 7) is 0. The van der Waals surface area contributed by atoms with Gasteiger partial charge in [0.25, 0.3) is 5.91 Å². The topological polar surface area (TPSA) is 53.5 Å². The Hall–Kier alpha value is -2.40. The van der Waals surface area contributed by atoms with Crippen LogP contribution in [-0.2, 0) is 10.3 Å². The average molecular weight is 316 g/mol. The van der Waals surface area contributed by atoms with Gasteiger partial charge in [0.2, 0.25) is 0 Å². The molecule has 4 rings (SSSR count). The average Bonchev–Trinajstić information content (AvgIpc) is 3.07. The zero-order chi connectivity index (χ0) is 15.3. The maximum Gasteiger partial charge on any atom is 0.256 e. The molecule has 2 aromatic rings. The zero-order valence-corrected chi connectivity index (χ0v) is 12.1. The molecule has 2 aromatic carbocycles. The second kappa shape index (κ2) is 4.55. The molecule has 2 aliphatic rings. The molecule has 0 unspecified atom stereocenters. The van der Waals surface area contributed by atoms with Gasteiger partial charge in [-0.3, -0.25) is 10.2 Å². The fourth-order valence-corrected chi connectivity index (χ4v) is 3.12. The number of para-hydroxylation sites is 1. The maximum absolute atomic E-state index is 13.3. The third-order valence-electron chi connectivity index (χ3n) is 4.09. The molecule has 0 bridgehead atoms. The van der Waals surface area contributed by atoms with Gasteiger partial charge in [0, 0.05) is 17.7 Å². The lowest BCUT2D eigenvalue weighted by atomic mass is 9.86. The van der Waals surface area contributed by atoms with E-state index >= 15 is 0 Å². The van der Waals surface area contributed by atoms with Crippen molar-refractivity contribution >= 4 is 28.9 Å². The smallest absolute Gasteiger partial charge is 0.256 e. The van der Waals surface area contributed by atoms with Crippen LogP contribution < -0.4 is 10.7 Å². The van der Waals surface area contributed by atoms with Crippen LogP contribution in [0, 0.1) is 5.82 Å². The molecule has 1 amide bonds. The van der Waals surface area contributed by atoms with Crippen molar-refractivity contribution in [2.75, 3.05) is 5.32 Å². The fourth-order valence-electron chi connectivity index (χ4n) is 2.94. The first-order valence-corrected chi connectivity index (χ1v) is 7.18. The van der Waals surface area contributed by atoms with E-state index in [0.29, 0.717) is 17.7 Å². The van der Waals surface area contributed by atoms with Crippen LogP contribution in [-0.4, -0.2) is 11.6 Å². The second-order valence-electron chi connectivity index (χ2n) is 5.38. The van der Waals surface area contributed by atoms with Crippen molar-refractivity contribution in [3.05, 3.63) is 64.4 Å². The Kier molecular flexibility index (Phi) is 2.74. The van der Waals surface area contributed by atoms with Gasteiger partial charge in [0.15, 0.2) is 5.54 Å². The van der Waals surface area contributed by atoms with E-state index in [4.69, 9.17) is 11.6 Å². The Morgan fingerprint density at radius 1 is 1.23 bits per heavy atom. The summed E-state index contributed by atoms with van der Waals surface area (Å²) in [4.78, 5) is 12.4. The minimum atomic E-state index is -0.896. The van der Waals surface area contributed by atoms with E-state index in [1.54, 1.807) is 6.07 Å². The van der Waals surface area contributed by atoms with Gasteiger partial charge in [-0.1, -0.05) is 35.9 Å². The molecular weight excluding hydrogens is 305 g/mol. The van der Waals surface area contributed by atoms with Gasteiger partial charge in [0.05, 0.1) is 10.7 Å².